The zero-order valence-corrected chi connectivity index (χ0v) is 17.7. The normalized spacial score (nSPS) is 13.0. The number of fused-ring (bicyclic) bond motifs is 1. The molecule has 2 aromatic carbocycles. The van der Waals surface area contributed by atoms with E-state index in [1.807, 2.05) is 0 Å². The first-order valence-corrected chi connectivity index (χ1v) is 9.92. The standard InChI is InChI=1S/C22H19F6N3O3/c1-33-13-5-7-14(8-6-13)34-10-9-29-12-18(31-32)16-11-19(22(26,27)28)30-20-15(16)3-2-4-17(20)21(23,24)25/h2-8,11,18,29H,9-10,12H2,1H3. The number of hydrogen-bond donors (Lipinski definition) is 1. The lowest BCUT2D eigenvalue weighted by Crippen LogP contribution is -2.26. The van der Waals surface area contributed by atoms with E-state index >= 15 is 0 Å². The first-order valence-electron chi connectivity index (χ1n) is 9.92. The molecule has 0 aliphatic heterocycles. The Kier molecular flexibility index (Phi) is 7.60. The monoisotopic (exact) mass is 487 g/mol. The zero-order chi connectivity index (χ0) is 24.9. The first kappa shape index (κ1) is 25.2. The Bertz CT molecular complexity index is 1130. The van der Waals surface area contributed by atoms with E-state index in [2.05, 4.69) is 15.5 Å². The lowest BCUT2D eigenvalue weighted by molar-refractivity contribution is -0.142. The van der Waals surface area contributed by atoms with Crippen molar-refractivity contribution in [2.75, 3.05) is 26.8 Å². The molecule has 0 saturated carbocycles. The highest BCUT2D eigenvalue weighted by Crippen LogP contribution is 2.39. The smallest absolute Gasteiger partial charge is 0.433 e. The summed E-state index contributed by atoms with van der Waals surface area (Å²) in [6, 6.07) is 8.76. The van der Waals surface area contributed by atoms with Crippen molar-refractivity contribution in [2.45, 2.75) is 18.4 Å². The third kappa shape index (κ3) is 5.93. The third-order valence-electron chi connectivity index (χ3n) is 4.90. The summed E-state index contributed by atoms with van der Waals surface area (Å²) in [5.41, 5.74) is -4.07. The van der Waals surface area contributed by atoms with Gasteiger partial charge in [-0.15, -0.1) is 0 Å². The molecule has 1 aromatic heterocycles. The molecule has 12 heteroatoms. The van der Waals surface area contributed by atoms with Crippen LogP contribution in [0.4, 0.5) is 26.3 Å². The Morgan fingerprint density at radius 2 is 1.68 bits per heavy atom. The quantitative estimate of drug-likeness (QED) is 0.236. The van der Waals surface area contributed by atoms with Crippen molar-refractivity contribution in [1.82, 2.24) is 10.3 Å². The predicted octanol–water partition coefficient (Wildman–Crippen LogP) is 5.76. The van der Waals surface area contributed by atoms with Gasteiger partial charge in [0.05, 0.1) is 18.2 Å². The minimum atomic E-state index is -5.02. The average molecular weight is 487 g/mol. The number of halogens is 6. The number of para-hydroxylation sites is 1. The number of benzene rings is 2. The Morgan fingerprint density at radius 3 is 2.26 bits per heavy atom. The van der Waals surface area contributed by atoms with Crippen LogP contribution in [0.3, 0.4) is 0 Å². The lowest BCUT2D eigenvalue weighted by Gasteiger charge is -2.18. The van der Waals surface area contributed by atoms with Crippen molar-refractivity contribution in [3.05, 3.63) is 70.3 Å². The van der Waals surface area contributed by atoms with Crippen LogP contribution in [-0.4, -0.2) is 31.8 Å². The van der Waals surface area contributed by atoms with Crippen molar-refractivity contribution in [3.63, 3.8) is 0 Å². The maximum Gasteiger partial charge on any atom is 0.433 e. The van der Waals surface area contributed by atoms with Gasteiger partial charge < -0.3 is 14.8 Å². The number of hydrogen-bond acceptors (Lipinski definition) is 6. The molecule has 0 bridgehead atoms. The molecule has 0 amide bonds. The molecule has 3 rings (SSSR count). The second kappa shape index (κ2) is 10.2. The first-order chi connectivity index (χ1) is 16.0. The van der Waals surface area contributed by atoms with Crippen LogP contribution in [0.1, 0.15) is 22.9 Å². The zero-order valence-electron chi connectivity index (χ0n) is 17.7. The summed E-state index contributed by atoms with van der Waals surface area (Å²) >= 11 is 0. The molecule has 1 unspecified atom stereocenters. The maximum absolute atomic E-state index is 13.4. The highest BCUT2D eigenvalue weighted by molar-refractivity contribution is 5.86. The Labute approximate surface area is 189 Å². The summed E-state index contributed by atoms with van der Waals surface area (Å²) < 4.78 is 90.8. The van der Waals surface area contributed by atoms with Gasteiger partial charge in [-0.3, -0.25) is 0 Å². The second-order valence-electron chi connectivity index (χ2n) is 7.14. The number of rotatable bonds is 9. The van der Waals surface area contributed by atoms with Crippen LogP contribution in [0, 0.1) is 4.91 Å². The number of nitroso groups, excluding NO2 is 1. The van der Waals surface area contributed by atoms with Gasteiger partial charge in [0.15, 0.2) is 0 Å². The molecule has 1 heterocycles. The average Bonchev–Trinajstić information content (AvgIpc) is 2.79. The molecule has 0 aliphatic rings. The van der Waals surface area contributed by atoms with Gasteiger partial charge in [-0.25, -0.2) is 4.98 Å². The topological polar surface area (TPSA) is 72.8 Å². The Morgan fingerprint density at radius 1 is 1.00 bits per heavy atom. The molecule has 0 radical (unpaired) electrons. The van der Waals surface area contributed by atoms with E-state index in [0.717, 1.165) is 6.07 Å². The molecule has 182 valence electrons. The van der Waals surface area contributed by atoms with Gasteiger partial charge in [-0.05, 0) is 42.0 Å². The molecule has 6 nitrogen and oxygen atoms in total. The lowest BCUT2D eigenvalue weighted by atomic mass is 9.98. The third-order valence-corrected chi connectivity index (χ3v) is 4.90. The largest absolute Gasteiger partial charge is 0.497 e. The van der Waals surface area contributed by atoms with E-state index in [1.165, 1.54) is 13.2 Å². The van der Waals surface area contributed by atoms with Crippen molar-refractivity contribution in [2.24, 2.45) is 5.18 Å². The van der Waals surface area contributed by atoms with E-state index < -0.39 is 35.2 Å². The van der Waals surface area contributed by atoms with Gasteiger partial charge in [-0.2, -0.15) is 31.2 Å². The fourth-order valence-electron chi connectivity index (χ4n) is 3.28. The van der Waals surface area contributed by atoms with Crippen LogP contribution < -0.4 is 14.8 Å². The molecule has 0 saturated heterocycles. The number of alkyl halides is 6. The van der Waals surface area contributed by atoms with E-state index in [0.29, 0.717) is 23.6 Å². The second-order valence-corrected chi connectivity index (χ2v) is 7.14. The van der Waals surface area contributed by atoms with Crippen LogP contribution in [0.15, 0.2) is 53.7 Å². The van der Waals surface area contributed by atoms with E-state index in [1.54, 1.807) is 24.3 Å². The molecular formula is C22H19F6N3O3. The van der Waals surface area contributed by atoms with Crippen LogP contribution in [-0.2, 0) is 12.4 Å². The maximum atomic E-state index is 13.4. The molecular weight excluding hydrogens is 468 g/mol. The summed E-state index contributed by atoms with van der Waals surface area (Å²) in [6.07, 6.45) is -9.95. The number of nitrogens with zero attached hydrogens (tertiary/aromatic N) is 2. The van der Waals surface area contributed by atoms with Crippen molar-refractivity contribution >= 4 is 10.9 Å². The minimum absolute atomic E-state index is 0.154. The summed E-state index contributed by atoms with van der Waals surface area (Å²) in [6.45, 7) is 0.129. The van der Waals surface area contributed by atoms with Crippen molar-refractivity contribution < 1.29 is 35.8 Å². The van der Waals surface area contributed by atoms with Crippen LogP contribution in [0.5, 0.6) is 11.5 Å². The molecule has 3 aromatic rings. The van der Waals surface area contributed by atoms with Crippen molar-refractivity contribution in [1.29, 1.82) is 0 Å². The molecule has 0 aliphatic carbocycles. The highest BCUT2D eigenvalue weighted by atomic mass is 19.4. The molecule has 1 N–H and O–H groups in total. The summed E-state index contributed by atoms with van der Waals surface area (Å²) in [5, 5.41) is 5.45. The fourth-order valence-corrected chi connectivity index (χ4v) is 3.28. The van der Waals surface area contributed by atoms with Crippen molar-refractivity contribution in [3.8, 4) is 11.5 Å². The van der Waals surface area contributed by atoms with Gasteiger partial charge in [0.2, 0.25) is 0 Å². The van der Waals surface area contributed by atoms with Gasteiger partial charge in [0.1, 0.15) is 29.8 Å². The van der Waals surface area contributed by atoms with Gasteiger partial charge in [-0.1, -0.05) is 17.3 Å². The van der Waals surface area contributed by atoms with Gasteiger partial charge in [0, 0.05) is 18.5 Å². The molecule has 34 heavy (non-hydrogen) atoms. The van der Waals surface area contributed by atoms with Crippen LogP contribution in [0.2, 0.25) is 0 Å². The number of methoxy groups -OCH3 is 1. The predicted molar refractivity (Wildman–Crippen MR) is 112 cm³/mol. The van der Waals surface area contributed by atoms with E-state index in [-0.39, 0.29) is 30.6 Å². The van der Waals surface area contributed by atoms with Gasteiger partial charge >= 0.3 is 12.4 Å². The number of pyridine rings is 1. The fraction of sp³-hybridized carbons (Fsp3) is 0.318. The molecule has 0 fully saturated rings. The summed E-state index contributed by atoms with van der Waals surface area (Å²) in [5.74, 6) is 1.18. The van der Waals surface area contributed by atoms with Crippen LogP contribution in [0.25, 0.3) is 10.9 Å². The summed E-state index contributed by atoms with van der Waals surface area (Å²) in [4.78, 5) is 14.7. The molecule has 0 spiro atoms. The van der Waals surface area contributed by atoms with Crippen LogP contribution >= 0.6 is 0 Å². The van der Waals surface area contributed by atoms with E-state index in [4.69, 9.17) is 9.47 Å². The highest BCUT2D eigenvalue weighted by Gasteiger charge is 2.38. The Hall–Kier alpha value is -3.41. The molecule has 1 atom stereocenters. The summed E-state index contributed by atoms with van der Waals surface area (Å²) in [7, 11) is 1.52. The number of nitrogens with one attached hydrogen (secondary N) is 1. The number of aromatic nitrogens is 1. The van der Waals surface area contributed by atoms with E-state index in [9.17, 15) is 31.2 Å². The number of ether oxygens (including phenoxy) is 2. The minimum Gasteiger partial charge on any atom is -0.497 e. The Balaban J connectivity index is 1.80. The SMILES string of the molecule is COc1ccc(OCCNCC(N=O)c2cc(C(F)(F)F)nc3c(C(F)(F)F)cccc23)cc1. The van der Waals surface area contributed by atoms with Gasteiger partial charge in [0.25, 0.3) is 0 Å².